The summed E-state index contributed by atoms with van der Waals surface area (Å²) in [4.78, 5) is 9.98. The second-order valence-electron chi connectivity index (χ2n) is 1.63. The molecule has 0 amide bonds. The van der Waals surface area contributed by atoms with Gasteiger partial charge in [0.1, 0.15) is 0 Å². The Hall–Kier alpha value is 0.431. The van der Waals surface area contributed by atoms with E-state index in [0.717, 1.165) is 0 Å². The van der Waals surface area contributed by atoms with Crippen LogP contribution in [0.25, 0.3) is 0 Å². The molecule has 0 bridgehead atoms. The van der Waals surface area contributed by atoms with Crippen molar-refractivity contribution >= 4 is 8.25 Å². The monoisotopic (exact) mass is 298 g/mol. The summed E-state index contributed by atoms with van der Waals surface area (Å²) in [5.41, 5.74) is 0. The van der Waals surface area contributed by atoms with Gasteiger partial charge in [-0.05, 0) is 16.7 Å². The van der Waals surface area contributed by atoms with E-state index in [4.69, 9.17) is 0 Å². The van der Waals surface area contributed by atoms with Gasteiger partial charge >= 0.3 is 49.1 Å². The van der Waals surface area contributed by atoms with E-state index in [9.17, 15) is 9.46 Å². The predicted octanol–water partition coefficient (Wildman–Crippen LogP) is 1.08. The van der Waals surface area contributed by atoms with E-state index in [0.29, 0.717) is 5.75 Å². The van der Waals surface area contributed by atoms with Crippen molar-refractivity contribution in [2.24, 2.45) is 0 Å². The first-order valence-corrected chi connectivity index (χ1v) is 3.76. The molecule has 0 aliphatic heterocycles. The van der Waals surface area contributed by atoms with Crippen molar-refractivity contribution < 1.29 is 54.8 Å². The number of hydrogen-bond donors (Lipinski definition) is 0. The van der Waals surface area contributed by atoms with Gasteiger partial charge in [-0.3, -0.25) is 4.52 Å². The second-order valence-corrected chi connectivity index (χ2v) is 2.26. The number of rotatable bonds is 2. The molecule has 11 heavy (non-hydrogen) atoms. The van der Waals surface area contributed by atoms with Crippen molar-refractivity contribution in [2.75, 3.05) is 0 Å². The maximum absolute atomic E-state index is 9.98. The van der Waals surface area contributed by atoms with Crippen LogP contribution in [0.1, 0.15) is 0 Å². The topological polar surface area (TPSA) is 49.4 Å². The van der Waals surface area contributed by atoms with Crippen LogP contribution < -0.4 is 9.42 Å². The largest absolute Gasteiger partial charge is 3.00 e. The summed E-state index contributed by atoms with van der Waals surface area (Å²) in [6, 6.07) is 8.34. The molecular formula is C6H5NdO3P+3. The Balaban J connectivity index is 0.000001000. The number of para-hydroxylation sites is 1. The molecule has 0 saturated heterocycles. The normalized spacial score (nSPS) is 9.73. The molecule has 1 rings (SSSR count). The molecule has 0 aliphatic rings. The van der Waals surface area contributed by atoms with E-state index in [1.165, 1.54) is 0 Å². The Kier molecular flexibility index (Phi) is 6.24. The van der Waals surface area contributed by atoms with Crippen molar-refractivity contribution in [1.29, 1.82) is 0 Å². The zero-order chi connectivity index (χ0) is 7.40. The maximum Gasteiger partial charge on any atom is 3.00 e. The third kappa shape index (κ3) is 4.80. The first kappa shape index (κ1) is 11.4. The minimum absolute atomic E-state index is 0. The maximum atomic E-state index is 9.98. The third-order valence-corrected chi connectivity index (χ3v) is 1.28. The predicted molar refractivity (Wildman–Crippen MR) is 34.7 cm³/mol. The van der Waals surface area contributed by atoms with Crippen molar-refractivity contribution in [3.8, 4) is 5.75 Å². The molecule has 0 aliphatic carbocycles. The van der Waals surface area contributed by atoms with Gasteiger partial charge < -0.3 is 4.89 Å². The molecule has 1 aromatic carbocycles. The molecule has 0 spiro atoms. The van der Waals surface area contributed by atoms with Crippen LogP contribution in [0.4, 0.5) is 0 Å². The molecular weight excluding hydrogens is 295 g/mol. The average molecular weight is 300 g/mol. The summed E-state index contributed by atoms with van der Waals surface area (Å²) in [7, 11) is -2.78. The van der Waals surface area contributed by atoms with Gasteiger partial charge in [0.15, 0.2) is 5.75 Å². The quantitative estimate of drug-likeness (QED) is 0.768. The van der Waals surface area contributed by atoms with Gasteiger partial charge in [-0.25, -0.2) is 0 Å². The van der Waals surface area contributed by atoms with Crippen molar-refractivity contribution in [1.82, 2.24) is 0 Å². The molecule has 3 nitrogen and oxygen atoms in total. The van der Waals surface area contributed by atoms with Crippen molar-refractivity contribution in [2.45, 2.75) is 0 Å². The van der Waals surface area contributed by atoms with Crippen LogP contribution in [-0.2, 0) is 4.57 Å². The Morgan fingerprint density at radius 2 is 1.82 bits per heavy atom. The van der Waals surface area contributed by atoms with Gasteiger partial charge in [0.2, 0.25) is 0 Å². The Morgan fingerprint density at radius 3 is 2.27 bits per heavy atom. The van der Waals surface area contributed by atoms with E-state index >= 15 is 0 Å². The number of hydrogen-bond acceptors (Lipinski definition) is 3. The molecule has 1 atom stereocenters. The van der Waals surface area contributed by atoms with Gasteiger partial charge in [0.05, 0.1) is 0 Å². The van der Waals surface area contributed by atoms with E-state index < -0.39 is 8.25 Å². The summed E-state index contributed by atoms with van der Waals surface area (Å²) in [5.74, 6) is 0.346. The molecule has 5 heteroatoms. The smallest absolute Gasteiger partial charge is 0.558 e. The van der Waals surface area contributed by atoms with Gasteiger partial charge in [-0.2, -0.15) is 0 Å². The Labute approximate surface area is 98.2 Å². The summed E-state index contributed by atoms with van der Waals surface area (Å²) in [6.07, 6.45) is 0. The molecule has 1 unspecified atom stereocenters. The van der Waals surface area contributed by atoms with Crippen LogP contribution in [0.2, 0.25) is 0 Å². The minimum Gasteiger partial charge on any atom is -0.558 e. The molecule has 0 heterocycles. The van der Waals surface area contributed by atoms with Gasteiger partial charge in [0.25, 0.3) is 0 Å². The SMILES string of the molecule is O=[P+]([O-])Oc1ccccc1.[Nd+3]. The fourth-order valence-electron chi connectivity index (χ4n) is 0.567. The fourth-order valence-corrected chi connectivity index (χ4v) is 0.861. The van der Waals surface area contributed by atoms with Crippen LogP contribution in [0.3, 0.4) is 0 Å². The van der Waals surface area contributed by atoms with E-state index in [1.54, 1.807) is 30.3 Å². The zero-order valence-electron chi connectivity index (χ0n) is 5.56. The first-order valence-electron chi connectivity index (χ1n) is 2.66. The van der Waals surface area contributed by atoms with Crippen molar-refractivity contribution in [3.63, 3.8) is 0 Å². The molecule has 0 aromatic heterocycles. The Morgan fingerprint density at radius 1 is 1.27 bits per heavy atom. The van der Waals surface area contributed by atoms with Gasteiger partial charge in [0, 0.05) is 0 Å². The van der Waals surface area contributed by atoms with Crippen LogP contribution in [0, 0.1) is 40.8 Å². The Bertz CT molecular complexity index is 227. The van der Waals surface area contributed by atoms with Crippen LogP contribution in [-0.4, -0.2) is 0 Å². The first-order chi connectivity index (χ1) is 4.79. The molecule has 0 fully saturated rings. The molecule has 0 N–H and O–H groups in total. The fraction of sp³-hybridized carbons (Fsp3) is 0. The molecule has 1 aromatic rings. The molecule has 53 valence electrons. The van der Waals surface area contributed by atoms with E-state index in [2.05, 4.69) is 4.52 Å². The number of benzene rings is 1. The van der Waals surface area contributed by atoms with Crippen LogP contribution in [0.15, 0.2) is 30.3 Å². The van der Waals surface area contributed by atoms with Crippen LogP contribution >= 0.6 is 8.25 Å². The average Bonchev–Trinajstić information content (AvgIpc) is 1.88. The second kappa shape index (κ2) is 6.00. The molecule has 0 saturated carbocycles. The summed E-state index contributed by atoms with van der Waals surface area (Å²) < 4.78 is 14.4. The molecule has 1 radical (unpaired) electrons. The zero-order valence-corrected chi connectivity index (χ0v) is 9.66. The summed E-state index contributed by atoms with van der Waals surface area (Å²) in [6.45, 7) is 0. The van der Waals surface area contributed by atoms with E-state index in [1.807, 2.05) is 0 Å². The van der Waals surface area contributed by atoms with Gasteiger partial charge in [-0.1, -0.05) is 18.2 Å². The van der Waals surface area contributed by atoms with Crippen LogP contribution in [0.5, 0.6) is 5.75 Å². The third-order valence-electron chi connectivity index (χ3n) is 0.923. The van der Waals surface area contributed by atoms with Gasteiger partial charge in [-0.15, -0.1) is 0 Å². The summed E-state index contributed by atoms with van der Waals surface area (Å²) in [5, 5.41) is 0. The van der Waals surface area contributed by atoms with E-state index in [-0.39, 0.29) is 40.8 Å². The van der Waals surface area contributed by atoms with Crippen molar-refractivity contribution in [3.05, 3.63) is 30.3 Å². The minimum atomic E-state index is -2.78. The standard InChI is InChI=1S/C6H5O3P.Nd/c7-10(8)9-6-4-2-1-3-5-6;/h1-5H;/q;+3. The summed E-state index contributed by atoms with van der Waals surface area (Å²) >= 11 is 0.